The van der Waals surface area contributed by atoms with Crippen LogP contribution < -0.4 is 10.1 Å². The maximum absolute atomic E-state index is 5.56. The molecule has 3 heteroatoms. The Bertz CT molecular complexity index is 344. The Hall–Kier alpha value is -1.35. The van der Waals surface area contributed by atoms with E-state index in [4.69, 9.17) is 4.74 Å². The van der Waals surface area contributed by atoms with E-state index in [0.717, 1.165) is 17.9 Å². The van der Waals surface area contributed by atoms with Gasteiger partial charge >= 0.3 is 0 Å². The number of nitrogens with zero attached hydrogens (tertiary/aromatic N) is 1. The molecule has 17 heavy (non-hydrogen) atoms. The molecule has 0 aromatic carbocycles. The molecular formula is C14H22N2O. The second-order valence-corrected chi connectivity index (χ2v) is 4.28. The van der Waals surface area contributed by atoms with Gasteiger partial charge in [0.2, 0.25) is 0 Å². The van der Waals surface area contributed by atoms with E-state index in [0.29, 0.717) is 6.04 Å². The summed E-state index contributed by atoms with van der Waals surface area (Å²) in [6.45, 7) is 6.05. The van der Waals surface area contributed by atoms with Crippen molar-refractivity contribution in [2.45, 2.75) is 39.3 Å². The summed E-state index contributed by atoms with van der Waals surface area (Å²) >= 11 is 0. The number of hydrogen-bond donors (Lipinski definition) is 1. The van der Waals surface area contributed by atoms with Gasteiger partial charge < -0.3 is 10.1 Å². The summed E-state index contributed by atoms with van der Waals surface area (Å²) in [5.74, 6) is 0.829. The van der Waals surface area contributed by atoms with Gasteiger partial charge in [-0.3, -0.25) is 4.98 Å². The molecule has 94 valence electrons. The van der Waals surface area contributed by atoms with E-state index in [9.17, 15) is 0 Å². The zero-order valence-corrected chi connectivity index (χ0v) is 11.1. The Morgan fingerprint density at radius 3 is 2.65 bits per heavy atom. The molecule has 0 saturated carbocycles. The molecule has 3 nitrogen and oxygen atoms in total. The van der Waals surface area contributed by atoms with Gasteiger partial charge in [0.1, 0.15) is 5.75 Å². The van der Waals surface area contributed by atoms with Crippen molar-refractivity contribution >= 4 is 0 Å². The van der Waals surface area contributed by atoms with Gasteiger partial charge in [0.15, 0.2) is 0 Å². The Labute approximate surface area is 104 Å². The Morgan fingerprint density at radius 1 is 1.41 bits per heavy atom. The summed E-state index contributed by atoms with van der Waals surface area (Å²) in [4.78, 5) is 4.40. The van der Waals surface area contributed by atoms with E-state index in [-0.39, 0.29) is 6.10 Å². The van der Waals surface area contributed by atoms with Crippen LogP contribution in [-0.2, 0) is 6.42 Å². The summed E-state index contributed by atoms with van der Waals surface area (Å²) in [6.07, 6.45) is 7.06. The van der Waals surface area contributed by atoms with Crippen LogP contribution in [0.1, 0.15) is 26.5 Å². The van der Waals surface area contributed by atoms with Gasteiger partial charge in [0.05, 0.1) is 12.3 Å². The molecule has 1 atom stereocenters. The summed E-state index contributed by atoms with van der Waals surface area (Å²) < 4.78 is 5.56. The molecule has 0 radical (unpaired) electrons. The molecule has 0 saturated heterocycles. The molecule has 1 aromatic heterocycles. The van der Waals surface area contributed by atoms with E-state index in [1.807, 2.05) is 40.0 Å². The fourth-order valence-corrected chi connectivity index (χ4v) is 1.60. The van der Waals surface area contributed by atoms with Crippen LogP contribution >= 0.6 is 0 Å². The number of aromatic nitrogens is 1. The van der Waals surface area contributed by atoms with Gasteiger partial charge in [-0.15, -0.1) is 0 Å². The number of ether oxygens (including phenoxy) is 1. The van der Waals surface area contributed by atoms with E-state index in [1.165, 1.54) is 0 Å². The maximum Gasteiger partial charge on any atom is 0.137 e. The molecule has 0 unspecified atom stereocenters. The number of nitrogens with one attached hydrogen (secondary N) is 1. The van der Waals surface area contributed by atoms with Crippen LogP contribution in [0.3, 0.4) is 0 Å². The quantitative estimate of drug-likeness (QED) is 0.768. The van der Waals surface area contributed by atoms with E-state index in [2.05, 4.69) is 22.5 Å². The monoisotopic (exact) mass is 234 g/mol. The van der Waals surface area contributed by atoms with E-state index >= 15 is 0 Å². The largest absolute Gasteiger partial charge is 0.489 e. The minimum atomic E-state index is 0.190. The van der Waals surface area contributed by atoms with Gasteiger partial charge in [0.25, 0.3) is 0 Å². The zero-order chi connectivity index (χ0) is 12.7. The van der Waals surface area contributed by atoms with Crippen LogP contribution in [0.15, 0.2) is 30.5 Å². The van der Waals surface area contributed by atoms with Crippen molar-refractivity contribution in [2.75, 3.05) is 7.05 Å². The van der Waals surface area contributed by atoms with Crippen LogP contribution in [-0.4, -0.2) is 24.2 Å². The van der Waals surface area contributed by atoms with E-state index in [1.54, 1.807) is 6.20 Å². The highest BCUT2D eigenvalue weighted by Crippen LogP contribution is 2.12. The minimum Gasteiger partial charge on any atom is -0.489 e. The molecule has 0 aliphatic heterocycles. The highest BCUT2D eigenvalue weighted by molar-refractivity contribution is 5.21. The summed E-state index contributed by atoms with van der Waals surface area (Å²) in [7, 11) is 1.96. The second-order valence-electron chi connectivity index (χ2n) is 4.28. The van der Waals surface area contributed by atoms with Gasteiger partial charge in [-0.25, -0.2) is 0 Å². The zero-order valence-electron chi connectivity index (χ0n) is 11.1. The molecule has 0 fully saturated rings. The first kappa shape index (κ1) is 13.7. The van der Waals surface area contributed by atoms with Crippen molar-refractivity contribution in [1.82, 2.24) is 10.3 Å². The first-order chi connectivity index (χ1) is 8.15. The average Bonchev–Trinajstić information content (AvgIpc) is 2.30. The number of hydrogen-bond acceptors (Lipinski definition) is 3. The van der Waals surface area contributed by atoms with Gasteiger partial charge in [0, 0.05) is 18.2 Å². The lowest BCUT2D eigenvalue weighted by molar-refractivity contribution is 0.241. The molecule has 1 N–H and O–H groups in total. The summed E-state index contributed by atoms with van der Waals surface area (Å²) in [5.41, 5.74) is 1.07. The van der Waals surface area contributed by atoms with Gasteiger partial charge in [-0.05, 0) is 40.0 Å². The topological polar surface area (TPSA) is 34.1 Å². The van der Waals surface area contributed by atoms with Crippen molar-refractivity contribution in [3.05, 3.63) is 36.2 Å². The SMILES string of the molecule is C/C=C/[C@H](Cc1ccc(OC(C)C)cn1)NC. The number of likely N-dealkylation sites (N-methyl/N-ethyl adjacent to an activating group) is 1. The lowest BCUT2D eigenvalue weighted by atomic mass is 10.1. The average molecular weight is 234 g/mol. The molecule has 1 aromatic rings. The van der Waals surface area contributed by atoms with Crippen LogP contribution in [0.5, 0.6) is 5.75 Å². The van der Waals surface area contributed by atoms with Crippen LogP contribution in [0.2, 0.25) is 0 Å². The predicted molar refractivity (Wildman–Crippen MR) is 71.4 cm³/mol. The highest BCUT2D eigenvalue weighted by atomic mass is 16.5. The third-order valence-electron chi connectivity index (χ3n) is 2.39. The number of allylic oxidation sites excluding steroid dienone is 1. The van der Waals surface area contributed by atoms with Crippen LogP contribution in [0.4, 0.5) is 0 Å². The predicted octanol–water partition coefficient (Wildman–Crippen LogP) is 2.58. The lowest BCUT2D eigenvalue weighted by Gasteiger charge is -2.12. The fraction of sp³-hybridized carbons (Fsp3) is 0.500. The van der Waals surface area contributed by atoms with Crippen LogP contribution in [0, 0.1) is 0 Å². The van der Waals surface area contributed by atoms with Crippen molar-refractivity contribution in [3.63, 3.8) is 0 Å². The molecular weight excluding hydrogens is 212 g/mol. The van der Waals surface area contributed by atoms with Gasteiger partial charge in [-0.2, -0.15) is 0 Å². The Balaban J connectivity index is 2.61. The number of pyridine rings is 1. The third kappa shape index (κ3) is 5.00. The summed E-state index contributed by atoms with van der Waals surface area (Å²) in [5, 5.41) is 3.24. The van der Waals surface area contributed by atoms with Crippen molar-refractivity contribution in [1.29, 1.82) is 0 Å². The molecule has 0 aliphatic rings. The molecule has 0 amide bonds. The van der Waals surface area contributed by atoms with Crippen molar-refractivity contribution in [3.8, 4) is 5.75 Å². The fourth-order valence-electron chi connectivity index (χ4n) is 1.60. The normalized spacial score (nSPS) is 13.2. The number of rotatable bonds is 6. The van der Waals surface area contributed by atoms with E-state index < -0.39 is 0 Å². The Morgan fingerprint density at radius 2 is 2.18 bits per heavy atom. The molecule has 0 bridgehead atoms. The highest BCUT2D eigenvalue weighted by Gasteiger charge is 2.04. The standard InChI is InChI=1S/C14H22N2O/c1-5-6-12(15-4)9-13-7-8-14(10-16-13)17-11(2)3/h5-8,10-12,15H,9H2,1-4H3/b6-5+/t12-/m1/s1. The third-order valence-corrected chi connectivity index (χ3v) is 2.39. The molecule has 0 aliphatic carbocycles. The second kappa shape index (κ2) is 7.07. The maximum atomic E-state index is 5.56. The minimum absolute atomic E-state index is 0.190. The lowest BCUT2D eigenvalue weighted by Crippen LogP contribution is -2.25. The van der Waals surface area contributed by atoms with Gasteiger partial charge in [-0.1, -0.05) is 12.2 Å². The first-order valence-corrected chi connectivity index (χ1v) is 6.07. The molecule has 1 heterocycles. The van der Waals surface area contributed by atoms with Crippen LogP contribution in [0.25, 0.3) is 0 Å². The van der Waals surface area contributed by atoms with Crippen molar-refractivity contribution in [2.24, 2.45) is 0 Å². The summed E-state index contributed by atoms with van der Waals surface area (Å²) in [6, 6.07) is 4.33. The smallest absolute Gasteiger partial charge is 0.137 e. The Kier molecular flexibility index (Phi) is 5.70. The first-order valence-electron chi connectivity index (χ1n) is 6.07. The molecule has 1 rings (SSSR count). The van der Waals surface area contributed by atoms with Crippen molar-refractivity contribution < 1.29 is 4.74 Å². The molecule has 0 spiro atoms.